The average Bonchev–Trinajstić information content (AvgIpc) is 2.56. The van der Waals surface area contributed by atoms with Gasteiger partial charge in [0.1, 0.15) is 5.82 Å². The molecule has 1 aromatic carbocycles. The van der Waals surface area contributed by atoms with Crippen molar-refractivity contribution in [2.75, 3.05) is 5.73 Å². The Kier molecular flexibility index (Phi) is 2.13. The molecular formula is C9H9ClN4. The second-order valence-electron chi connectivity index (χ2n) is 2.98. The summed E-state index contributed by atoms with van der Waals surface area (Å²) in [7, 11) is 0. The topological polar surface area (TPSA) is 67.6 Å². The van der Waals surface area contributed by atoms with Gasteiger partial charge in [-0.1, -0.05) is 11.6 Å². The van der Waals surface area contributed by atoms with Crippen LogP contribution in [0.1, 0.15) is 5.82 Å². The minimum absolute atomic E-state index is 0.569. The molecule has 0 saturated heterocycles. The molecule has 5 heteroatoms. The van der Waals surface area contributed by atoms with Crippen LogP contribution in [0, 0.1) is 6.92 Å². The average molecular weight is 209 g/mol. The first-order valence-corrected chi connectivity index (χ1v) is 4.49. The molecule has 0 saturated carbocycles. The van der Waals surface area contributed by atoms with E-state index in [1.54, 1.807) is 18.2 Å². The van der Waals surface area contributed by atoms with Gasteiger partial charge in [-0.3, -0.25) is 5.10 Å². The third-order valence-corrected chi connectivity index (χ3v) is 2.16. The highest BCUT2D eigenvalue weighted by Crippen LogP contribution is 2.26. The van der Waals surface area contributed by atoms with Crippen molar-refractivity contribution in [1.29, 1.82) is 0 Å². The lowest BCUT2D eigenvalue weighted by molar-refractivity contribution is 1.04. The zero-order chi connectivity index (χ0) is 10.1. The Morgan fingerprint density at radius 1 is 1.43 bits per heavy atom. The number of halogens is 1. The van der Waals surface area contributed by atoms with E-state index in [4.69, 9.17) is 17.3 Å². The van der Waals surface area contributed by atoms with Crippen LogP contribution in [0.15, 0.2) is 18.2 Å². The number of aromatic nitrogens is 3. The molecule has 0 spiro atoms. The van der Waals surface area contributed by atoms with E-state index in [1.165, 1.54) is 0 Å². The SMILES string of the molecule is Cc1nc(-c2cc(N)ccc2Cl)n[nH]1. The van der Waals surface area contributed by atoms with Gasteiger partial charge >= 0.3 is 0 Å². The van der Waals surface area contributed by atoms with Crippen molar-refractivity contribution < 1.29 is 0 Å². The van der Waals surface area contributed by atoms with Crippen molar-refractivity contribution in [3.05, 3.63) is 29.0 Å². The van der Waals surface area contributed by atoms with Gasteiger partial charge in [0.2, 0.25) is 0 Å². The first kappa shape index (κ1) is 9.02. The second-order valence-corrected chi connectivity index (χ2v) is 3.39. The van der Waals surface area contributed by atoms with E-state index in [9.17, 15) is 0 Å². The minimum atomic E-state index is 0.569. The second kappa shape index (κ2) is 3.31. The highest BCUT2D eigenvalue weighted by atomic mass is 35.5. The summed E-state index contributed by atoms with van der Waals surface area (Å²) in [6.45, 7) is 1.83. The smallest absolute Gasteiger partial charge is 0.182 e. The number of nitrogens with one attached hydrogen (secondary N) is 1. The maximum atomic E-state index is 5.99. The molecule has 0 aliphatic rings. The third-order valence-electron chi connectivity index (χ3n) is 1.83. The molecule has 1 aromatic heterocycles. The van der Waals surface area contributed by atoms with Gasteiger partial charge in [0.05, 0.1) is 5.02 Å². The van der Waals surface area contributed by atoms with Gasteiger partial charge in [0.25, 0.3) is 0 Å². The molecule has 0 fully saturated rings. The number of rotatable bonds is 1. The van der Waals surface area contributed by atoms with Crippen molar-refractivity contribution in [1.82, 2.24) is 15.2 Å². The molecule has 72 valence electrons. The van der Waals surface area contributed by atoms with E-state index >= 15 is 0 Å². The number of benzene rings is 1. The number of nitrogens with zero attached hydrogens (tertiary/aromatic N) is 2. The van der Waals surface area contributed by atoms with Crippen molar-refractivity contribution >= 4 is 17.3 Å². The number of nitrogen functional groups attached to an aromatic ring is 1. The lowest BCUT2D eigenvalue weighted by atomic mass is 10.2. The predicted molar refractivity (Wildman–Crippen MR) is 56.0 cm³/mol. The summed E-state index contributed by atoms with van der Waals surface area (Å²) in [6, 6.07) is 5.23. The number of aryl methyl sites for hydroxylation is 1. The summed E-state index contributed by atoms with van der Waals surface area (Å²) in [4.78, 5) is 4.18. The standard InChI is InChI=1S/C9H9ClN4/c1-5-12-9(14-13-5)7-4-6(11)2-3-8(7)10/h2-4H,11H2,1H3,(H,12,13,14). The van der Waals surface area contributed by atoms with Gasteiger partial charge in [-0.25, -0.2) is 4.98 Å². The first-order chi connectivity index (χ1) is 6.66. The van der Waals surface area contributed by atoms with Crippen molar-refractivity contribution in [3.63, 3.8) is 0 Å². The zero-order valence-electron chi connectivity index (χ0n) is 7.58. The predicted octanol–water partition coefficient (Wildman–Crippen LogP) is 2.02. The molecule has 0 amide bonds. The largest absolute Gasteiger partial charge is 0.399 e. The van der Waals surface area contributed by atoms with Crippen LogP contribution in [0.4, 0.5) is 5.69 Å². The number of aromatic amines is 1. The maximum Gasteiger partial charge on any atom is 0.182 e. The zero-order valence-corrected chi connectivity index (χ0v) is 8.34. The van der Waals surface area contributed by atoms with E-state index < -0.39 is 0 Å². The summed E-state index contributed by atoms with van der Waals surface area (Å²) < 4.78 is 0. The molecule has 0 atom stereocenters. The fourth-order valence-electron chi connectivity index (χ4n) is 1.18. The Balaban J connectivity index is 2.55. The maximum absolute atomic E-state index is 5.99. The van der Waals surface area contributed by atoms with Crippen LogP contribution in [0.25, 0.3) is 11.4 Å². The molecule has 1 heterocycles. The summed E-state index contributed by atoms with van der Waals surface area (Å²) in [5, 5.41) is 7.36. The van der Waals surface area contributed by atoms with E-state index in [1.807, 2.05) is 6.92 Å². The Labute approximate surface area is 86.1 Å². The van der Waals surface area contributed by atoms with Crippen LogP contribution in [-0.4, -0.2) is 15.2 Å². The first-order valence-electron chi connectivity index (χ1n) is 4.11. The minimum Gasteiger partial charge on any atom is -0.399 e. The summed E-state index contributed by atoms with van der Waals surface area (Å²) in [5.41, 5.74) is 7.04. The third kappa shape index (κ3) is 1.56. The van der Waals surface area contributed by atoms with Gasteiger partial charge < -0.3 is 5.73 Å². The van der Waals surface area contributed by atoms with E-state index in [0.717, 1.165) is 11.4 Å². The van der Waals surface area contributed by atoms with Crippen LogP contribution >= 0.6 is 11.6 Å². The molecule has 2 aromatic rings. The Hall–Kier alpha value is -1.55. The molecule has 0 aliphatic heterocycles. The normalized spacial score (nSPS) is 10.4. The lowest BCUT2D eigenvalue weighted by Crippen LogP contribution is -1.88. The summed E-state index contributed by atoms with van der Waals surface area (Å²) in [5.74, 6) is 1.32. The number of nitrogens with two attached hydrogens (primary N) is 1. The Bertz CT molecular complexity index is 464. The summed E-state index contributed by atoms with van der Waals surface area (Å²) in [6.07, 6.45) is 0. The highest BCUT2D eigenvalue weighted by molar-refractivity contribution is 6.33. The molecule has 14 heavy (non-hydrogen) atoms. The Morgan fingerprint density at radius 2 is 2.21 bits per heavy atom. The molecule has 2 rings (SSSR count). The van der Waals surface area contributed by atoms with Crippen molar-refractivity contribution in [3.8, 4) is 11.4 Å². The van der Waals surface area contributed by atoms with Gasteiger partial charge in [-0.15, -0.1) is 0 Å². The number of hydrogen-bond acceptors (Lipinski definition) is 3. The molecular weight excluding hydrogens is 200 g/mol. The number of anilines is 1. The van der Waals surface area contributed by atoms with Gasteiger partial charge in [-0.05, 0) is 25.1 Å². The molecule has 0 radical (unpaired) electrons. The highest BCUT2D eigenvalue weighted by Gasteiger charge is 2.08. The fourth-order valence-corrected chi connectivity index (χ4v) is 1.38. The van der Waals surface area contributed by atoms with E-state index in [0.29, 0.717) is 16.5 Å². The number of hydrogen-bond donors (Lipinski definition) is 2. The van der Waals surface area contributed by atoms with Crippen LogP contribution in [-0.2, 0) is 0 Å². The molecule has 4 nitrogen and oxygen atoms in total. The van der Waals surface area contributed by atoms with E-state index in [-0.39, 0.29) is 0 Å². The van der Waals surface area contributed by atoms with E-state index in [2.05, 4.69) is 15.2 Å². The van der Waals surface area contributed by atoms with Gasteiger partial charge in [-0.2, -0.15) is 5.10 Å². The van der Waals surface area contributed by atoms with Crippen LogP contribution in [0.5, 0.6) is 0 Å². The quantitative estimate of drug-likeness (QED) is 0.705. The molecule has 0 aliphatic carbocycles. The van der Waals surface area contributed by atoms with Gasteiger partial charge in [0.15, 0.2) is 5.82 Å². The lowest BCUT2D eigenvalue weighted by Gasteiger charge is -2.00. The van der Waals surface area contributed by atoms with Gasteiger partial charge in [0, 0.05) is 11.3 Å². The van der Waals surface area contributed by atoms with Crippen LogP contribution < -0.4 is 5.73 Å². The molecule has 0 unspecified atom stereocenters. The van der Waals surface area contributed by atoms with Crippen LogP contribution in [0.2, 0.25) is 5.02 Å². The number of H-pyrrole nitrogens is 1. The fraction of sp³-hybridized carbons (Fsp3) is 0.111. The summed E-state index contributed by atoms with van der Waals surface area (Å²) >= 11 is 5.99. The van der Waals surface area contributed by atoms with Crippen molar-refractivity contribution in [2.45, 2.75) is 6.92 Å². The van der Waals surface area contributed by atoms with Crippen molar-refractivity contribution in [2.24, 2.45) is 0 Å². The van der Waals surface area contributed by atoms with Crippen LogP contribution in [0.3, 0.4) is 0 Å². The Morgan fingerprint density at radius 3 is 2.86 bits per heavy atom. The molecule has 0 bridgehead atoms. The monoisotopic (exact) mass is 208 g/mol. The molecule has 3 N–H and O–H groups in total.